The highest BCUT2D eigenvalue weighted by Crippen LogP contribution is 2.25. The van der Waals surface area contributed by atoms with Crippen molar-refractivity contribution in [2.24, 2.45) is 0 Å². The van der Waals surface area contributed by atoms with Crippen LogP contribution < -0.4 is 5.32 Å². The second-order valence-corrected chi connectivity index (χ2v) is 6.90. The first kappa shape index (κ1) is 14.3. The van der Waals surface area contributed by atoms with Crippen LogP contribution in [-0.4, -0.2) is 21.4 Å². The number of nitrogens with one attached hydrogen (secondary N) is 2. The fourth-order valence-electron chi connectivity index (χ4n) is 1.60. The molecule has 19 heavy (non-hydrogen) atoms. The van der Waals surface area contributed by atoms with Gasteiger partial charge in [-0.25, -0.2) is 4.98 Å². The molecule has 0 atom stereocenters. The highest BCUT2D eigenvalue weighted by Gasteiger charge is 2.13. The molecule has 0 aliphatic heterocycles. The number of anilines is 1. The average Bonchev–Trinajstić information content (AvgIpc) is 2.87. The number of alkyl halides is 1. The molecule has 5 heteroatoms. The molecule has 0 bridgehead atoms. The highest BCUT2D eigenvalue weighted by atomic mass is 35.5. The average molecular weight is 296 g/mol. The maximum Gasteiger partial charge on any atom is 0.165 e. The van der Waals surface area contributed by atoms with Crippen LogP contribution in [0.15, 0.2) is 41.8 Å². The molecule has 2 rings (SSSR count). The molecule has 0 fully saturated rings. The fraction of sp³-hybridized carbons (Fsp3) is 0.357. The van der Waals surface area contributed by atoms with Crippen molar-refractivity contribution in [3.8, 4) is 0 Å². The van der Waals surface area contributed by atoms with Crippen molar-refractivity contribution in [3.05, 3.63) is 42.2 Å². The van der Waals surface area contributed by atoms with Gasteiger partial charge in [-0.3, -0.25) is 0 Å². The Bertz CT molecular complexity index is 506. The number of hydrogen-bond donors (Lipinski definition) is 2. The quantitative estimate of drug-likeness (QED) is 0.622. The van der Waals surface area contributed by atoms with Crippen molar-refractivity contribution in [1.82, 2.24) is 9.97 Å². The zero-order valence-corrected chi connectivity index (χ0v) is 12.7. The number of rotatable bonds is 6. The normalized spacial score (nSPS) is 11.5. The van der Waals surface area contributed by atoms with Crippen LogP contribution in [0.25, 0.3) is 0 Å². The summed E-state index contributed by atoms with van der Waals surface area (Å²) in [6, 6.07) is 8.29. The molecule has 2 N–H and O–H groups in total. The van der Waals surface area contributed by atoms with E-state index in [0.717, 1.165) is 23.1 Å². The third-order valence-electron chi connectivity index (χ3n) is 2.55. The Hall–Kier alpha value is -1.13. The van der Waals surface area contributed by atoms with Crippen LogP contribution in [0.2, 0.25) is 0 Å². The minimum Gasteiger partial charge on any atom is -0.383 e. The Balaban J connectivity index is 1.99. The standard InChI is InChI=1S/C14H18ClN3S/c1-14(2,15)10-18-12-6-4-3-5-11(12)9-19-13-16-7-8-17-13/h3-8,18H,9-10H2,1-2H3,(H,16,17). The number of aromatic amines is 1. The molecule has 0 saturated carbocycles. The predicted octanol–water partition coefficient (Wildman–Crippen LogP) is 4.13. The minimum atomic E-state index is -0.249. The molecule has 1 aromatic carbocycles. The lowest BCUT2D eigenvalue weighted by Gasteiger charge is -2.19. The van der Waals surface area contributed by atoms with Crippen LogP contribution in [0.1, 0.15) is 19.4 Å². The summed E-state index contributed by atoms with van der Waals surface area (Å²) < 4.78 is 0. The van der Waals surface area contributed by atoms with Crippen LogP contribution in [0, 0.1) is 0 Å². The molecule has 0 spiro atoms. The number of thioether (sulfide) groups is 1. The molecule has 3 nitrogen and oxygen atoms in total. The van der Waals surface area contributed by atoms with E-state index < -0.39 is 0 Å². The second kappa shape index (κ2) is 6.35. The number of hydrogen-bond acceptors (Lipinski definition) is 3. The SMILES string of the molecule is CC(C)(Cl)CNc1ccccc1CSc1ncc[nH]1. The van der Waals surface area contributed by atoms with Gasteiger partial charge < -0.3 is 10.3 Å². The third-order valence-corrected chi connectivity index (χ3v) is 3.64. The monoisotopic (exact) mass is 295 g/mol. The third kappa shape index (κ3) is 4.80. The largest absolute Gasteiger partial charge is 0.383 e. The van der Waals surface area contributed by atoms with Crippen LogP contribution in [0.4, 0.5) is 5.69 Å². The van der Waals surface area contributed by atoms with Gasteiger partial charge in [0, 0.05) is 30.4 Å². The summed E-state index contributed by atoms with van der Waals surface area (Å²) in [4.78, 5) is 7.06. The van der Waals surface area contributed by atoms with Gasteiger partial charge in [0.05, 0.1) is 4.87 Å². The van der Waals surface area contributed by atoms with E-state index in [0.29, 0.717) is 0 Å². The van der Waals surface area contributed by atoms with Crippen LogP contribution in [0.5, 0.6) is 0 Å². The minimum absolute atomic E-state index is 0.249. The molecule has 1 aromatic heterocycles. The van der Waals surface area contributed by atoms with Gasteiger partial charge in [0.2, 0.25) is 0 Å². The van der Waals surface area contributed by atoms with E-state index in [4.69, 9.17) is 11.6 Å². The first-order valence-corrected chi connectivity index (χ1v) is 7.54. The van der Waals surface area contributed by atoms with Crippen LogP contribution >= 0.6 is 23.4 Å². The highest BCUT2D eigenvalue weighted by molar-refractivity contribution is 7.98. The number of para-hydroxylation sites is 1. The molecule has 102 valence electrons. The number of benzene rings is 1. The molecule has 0 aliphatic rings. The van der Waals surface area contributed by atoms with E-state index in [9.17, 15) is 0 Å². The summed E-state index contributed by atoms with van der Waals surface area (Å²) in [5, 5.41) is 4.34. The Morgan fingerprint density at radius 1 is 1.37 bits per heavy atom. The molecule has 0 unspecified atom stereocenters. The van der Waals surface area contributed by atoms with Crippen LogP contribution in [0.3, 0.4) is 0 Å². The Morgan fingerprint density at radius 2 is 2.16 bits per heavy atom. The van der Waals surface area contributed by atoms with Gasteiger partial charge >= 0.3 is 0 Å². The molecular weight excluding hydrogens is 278 g/mol. The molecule has 2 aromatic rings. The first-order chi connectivity index (χ1) is 9.04. The number of H-pyrrole nitrogens is 1. The number of aromatic nitrogens is 2. The lowest BCUT2D eigenvalue weighted by atomic mass is 10.1. The first-order valence-electron chi connectivity index (χ1n) is 6.17. The van der Waals surface area contributed by atoms with E-state index >= 15 is 0 Å². The summed E-state index contributed by atoms with van der Waals surface area (Å²) in [5.74, 6) is 0.874. The lowest BCUT2D eigenvalue weighted by molar-refractivity contribution is 0.735. The Morgan fingerprint density at radius 3 is 2.84 bits per heavy atom. The summed E-state index contributed by atoms with van der Waals surface area (Å²) in [7, 11) is 0. The topological polar surface area (TPSA) is 40.7 Å². The van der Waals surface area contributed by atoms with Crippen molar-refractivity contribution in [2.45, 2.75) is 29.6 Å². The van der Waals surface area contributed by atoms with E-state index in [-0.39, 0.29) is 4.87 Å². The van der Waals surface area contributed by atoms with E-state index in [1.807, 2.05) is 26.1 Å². The maximum atomic E-state index is 6.21. The fourth-order valence-corrected chi connectivity index (χ4v) is 2.50. The van der Waals surface area contributed by atoms with Crippen LogP contribution in [-0.2, 0) is 5.75 Å². The van der Waals surface area contributed by atoms with E-state index in [2.05, 4.69) is 33.5 Å². The van der Waals surface area contributed by atoms with Gasteiger partial charge in [-0.1, -0.05) is 30.0 Å². The van der Waals surface area contributed by atoms with Gasteiger partial charge in [0.15, 0.2) is 5.16 Å². The van der Waals surface area contributed by atoms with E-state index in [1.54, 1.807) is 18.0 Å². The van der Waals surface area contributed by atoms with Gasteiger partial charge in [-0.15, -0.1) is 11.6 Å². The smallest absolute Gasteiger partial charge is 0.165 e. The van der Waals surface area contributed by atoms with Crippen molar-refractivity contribution in [2.75, 3.05) is 11.9 Å². The summed E-state index contributed by atoms with van der Waals surface area (Å²) in [5.41, 5.74) is 2.39. The van der Waals surface area contributed by atoms with Crippen molar-refractivity contribution < 1.29 is 0 Å². The number of halogens is 1. The summed E-state index contributed by atoms with van der Waals surface area (Å²) in [6.45, 7) is 4.74. The summed E-state index contributed by atoms with van der Waals surface area (Å²) in [6.07, 6.45) is 3.60. The lowest BCUT2D eigenvalue weighted by Crippen LogP contribution is -2.23. The zero-order chi connectivity index (χ0) is 13.7. The van der Waals surface area contributed by atoms with Gasteiger partial charge in [-0.05, 0) is 25.5 Å². The second-order valence-electron chi connectivity index (χ2n) is 4.91. The molecule has 1 heterocycles. The zero-order valence-electron chi connectivity index (χ0n) is 11.1. The molecule has 0 saturated heterocycles. The molecular formula is C14H18ClN3S. The molecule has 0 amide bonds. The van der Waals surface area contributed by atoms with Gasteiger partial charge in [-0.2, -0.15) is 0 Å². The Labute approximate surface area is 123 Å². The van der Waals surface area contributed by atoms with E-state index in [1.165, 1.54) is 5.56 Å². The van der Waals surface area contributed by atoms with Crippen molar-refractivity contribution >= 4 is 29.1 Å². The Kier molecular flexibility index (Phi) is 4.77. The molecule has 0 aliphatic carbocycles. The van der Waals surface area contributed by atoms with Gasteiger partial charge in [0.25, 0.3) is 0 Å². The predicted molar refractivity (Wildman–Crippen MR) is 83.0 cm³/mol. The number of imidazole rings is 1. The number of nitrogens with zero attached hydrogens (tertiary/aromatic N) is 1. The molecule has 0 radical (unpaired) electrons. The van der Waals surface area contributed by atoms with Gasteiger partial charge in [0.1, 0.15) is 0 Å². The maximum absolute atomic E-state index is 6.21. The summed E-state index contributed by atoms with van der Waals surface area (Å²) >= 11 is 7.90. The van der Waals surface area contributed by atoms with Crippen molar-refractivity contribution in [1.29, 1.82) is 0 Å². The van der Waals surface area contributed by atoms with Crippen molar-refractivity contribution in [3.63, 3.8) is 0 Å².